The van der Waals surface area contributed by atoms with Gasteiger partial charge in [-0.2, -0.15) is 13.2 Å². The Morgan fingerprint density at radius 3 is 2.24 bits per heavy atom. The fourth-order valence-corrected chi connectivity index (χ4v) is 1.53. The fourth-order valence-electron chi connectivity index (χ4n) is 1.31. The van der Waals surface area contributed by atoms with Gasteiger partial charge in [-0.1, -0.05) is 11.6 Å². The lowest BCUT2D eigenvalue weighted by Crippen LogP contribution is -2.08. The molecule has 0 atom stereocenters. The maximum atomic E-state index is 12.5. The third kappa shape index (κ3) is 2.55. The van der Waals surface area contributed by atoms with Crippen molar-refractivity contribution in [2.75, 3.05) is 0 Å². The van der Waals surface area contributed by atoms with Gasteiger partial charge in [0, 0.05) is 18.0 Å². The molecule has 0 amide bonds. The van der Waals surface area contributed by atoms with E-state index in [0.717, 1.165) is 6.07 Å². The van der Waals surface area contributed by atoms with Gasteiger partial charge in [0.1, 0.15) is 5.69 Å². The zero-order chi connectivity index (χ0) is 12.5. The van der Waals surface area contributed by atoms with Crippen LogP contribution in [0.3, 0.4) is 0 Å². The number of nitrogens with zero attached hydrogens (tertiary/aromatic N) is 2. The first-order valence-electron chi connectivity index (χ1n) is 4.62. The zero-order valence-corrected chi connectivity index (χ0v) is 9.13. The lowest BCUT2D eigenvalue weighted by molar-refractivity contribution is -0.141. The summed E-state index contributed by atoms with van der Waals surface area (Å²) in [6.45, 7) is 0. The molecule has 0 spiro atoms. The monoisotopic (exact) mass is 258 g/mol. The zero-order valence-electron chi connectivity index (χ0n) is 8.37. The molecule has 0 N–H and O–H groups in total. The van der Waals surface area contributed by atoms with Crippen molar-refractivity contribution in [3.8, 4) is 11.3 Å². The molecule has 17 heavy (non-hydrogen) atoms. The number of hydrogen-bond donors (Lipinski definition) is 0. The molecule has 6 heteroatoms. The van der Waals surface area contributed by atoms with E-state index in [1.54, 1.807) is 12.1 Å². The van der Waals surface area contributed by atoms with Gasteiger partial charge in [0.2, 0.25) is 0 Å². The number of pyridine rings is 2. The molecule has 0 aliphatic rings. The molecule has 0 saturated heterocycles. The highest BCUT2D eigenvalue weighted by atomic mass is 35.5. The smallest absolute Gasteiger partial charge is 0.265 e. The maximum absolute atomic E-state index is 12.5. The summed E-state index contributed by atoms with van der Waals surface area (Å²) in [6.07, 6.45) is -1.55. The van der Waals surface area contributed by atoms with Crippen molar-refractivity contribution in [1.29, 1.82) is 0 Å². The summed E-state index contributed by atoms with van der Waals surface area (Å²) < 4.78 is 37.5. The second kappa shape index (κ2) is 4.33. The van der Waals surface area contributed by atoms with Gasteiger partial charge in [0.25, 0.3) is 0 Å². The molecule has 2 aromatic rings. The summed E-state index contributed by atoms with van der Waals surface area (Å²) in [6, 6.07) is 5.14. The summed E-state index contributed by atoms with van der Waals surface area (Å²) in [5, 5.41) is 0.171. The Hall–Kier alpha value is -1.62. The molecule has 0 fully saturated rings. The van der Waals surface area contributed by atoms with Crippen LogP contribution in [0, 0.1) is 0 Å². The third-order valence-corrected chi connectivity index (χ3v) is 2.40. The van der Waals surface area contributed by atoms with Crippen LogP contribution in [0.1, 0.15) is 5.69 Å². The molecule has 2 heterocycles. The molecule has 0 saturated carbocycles. The summed E-state index contributed by atoms with van der Waals surface area (Å²) in [5.41, 5.74) is -0.367. The van der Waals surface area contributed by atoms with E-state index in [-0.39, 0.29) is 10.7 Å². The average Bonchev–Trinajstić information content (AvgIpc) is 2.29. The first-order chi connectivity index (χ1) is 7.98. The quantitative estimate of drug-likeness (QED) is 0.777. The van der Waals surface area contributed by atoms with E-state index < -0.39 is 11.9 Å². The molecule has 0 bridgehead atoms. The first-order valence-corrected chi connectivity index (χ1v) is 5.00. The lowest BCUT2D eigenvalue weighted by Gasteiger charge is -2.09. The summed E-state index contributed by atoms with van der Waals surface area (Å²) in [5.74, 6) is 0. The van der Waals surface area contributed by atoms with E-state index in [1.165, 1.54) is 18.5 Å². The molecule has 0 aliphatic carbocycles. The number of halogens is 4. The molecule has 0 radical (unpaired) electrons. The van der Waals surface area contributed by atoms with Gasteiger partial charge in [-0.05, 0) is 24.3 Å². The molecule has 88 valence electrons. The van der Waals surface area contributed by atoms with Crippen LogP contribution in [0.5, 0.6) is 0 Å². The topological polar surface area (TPSA) is 25.8 Å². The normalized spacial score (nSPS) is 11.5. The SMILES string of the molecule is FC(F)(F)c1ccc(Cl)c(-c2ccncc2)n1. The molecule has 0 unspecified atom stereocenters. The Morgan fingerprint density at radius 1 is 1.00 bits per heavy atom. The van der Waals surface area contributed by atoms with Gasteiger partial charge < -0.3 is 0 Å². The van der Waals surface area contributed by atoms with Crippen molar-refractivity contribution in [2.24, 2.45) is 0 Å². The van der Waals surface area contributed by atoms with Crippen molar-refractivity contribution in [2.45, 2.75) is 6.18 Å². The van der Waals surface area contributed by atoms with Crippen molar-refractivity contribution >= 4 is 11.6 Å². The Bertz CT molecular complexity index is 526. The van der Waals surface area contributed by atoms with E-state index in [9.17, 15) is 13.2 Å². The van der Waals surface area contributed by atoms with E-state index in [4.69, 9.17) is 11.6 Å². The molecular weight excluding hydrogens is 253 g/mol. The highest BCUT2D eigenvalue weighted by Gasteiger charge is 2.33. The Morgan fingerprint density at radius 2 is 1.65 bits per heavy atom. The minimum atomic E-state index is -4.48. The van der Waals surface area contributed by atoms with E-state index >= 15 is 0 Å². The predicted molar refractivity (Wildman–Crippen MR) is 57.5 cm³/mol. The summed E-state index contributed by atoms with van der Waals surface area (Å²) >= 11 is 5.83. The predicted octanol–water partition coefficient (Wildman–Crippen LogP) is 3.82. The van der Waals surface area contributed by atoms with Crippen molar-refractivity contribution < 1.29 is 13.2 Å². The van der Waals surface area contributed by atoms with Crippen LogP contribution in [-0.2, 0) is 6.18 Å². The minimum absolute atomic E-state index is 0.101. The van der Waals surface area contributed by atoms with Gasteiger partial charge in [-0.3, -0.25) is 4.98 Å². The van der Waals surface area contributed by atoms with Gasteiger partial charge >= 0.3 is 6.18 Å². The van der Waals surface area contributed by atoms with Gasteiger partial charge in [0.15, 0.2) is 0 Å². The summed E-state index contributed by atoms with van der Waals surface area (Å²) in [4.78, 5) is 7.31. The van der Waals surface area contributed by atoms with Crippen LogP contribution in [0.15, 0.2) is 36.7 Å². The van der Waals surface area contributed by atoms with Gasteiger partial charge in [-0.25, -0.2) is 4.98 Å². The number of aromatic nitrogens is 2. The second-order valence-corrected chi connectivity index (χ2v) is 3.67. The standard InChI is InChI=1S/C11H6ClF3N2/c12-8-1-2-9(11(13,14)15)17-10(8)7-3-5-16-6-4-7/h1-6H. The molecular formula is C11H6ClF3N2. The Balaban J connectivity index is 2.55. The number of hydrogen-bond acceptors (Lipinski definition) is 2. The first kappa shape index (κ1) is 11.9. The third-order valence-electron chi connectivity index (χ3n) is 2.09. The van der Waals surface area contributed by atoms with Crippen molar-refractivity contribution in [3.05, 3.63) is 47.4 Å². The molecule has 0 aliphatic heterocycles. The molecule has 0 aromatic carbocycles. The largest absolute Gasteiger partial charge is 0.433 e. The van der Waals surface area contributed by atoms with E-state index in [0.29, 0.717) is 5.56 Å². The lowest BCUT2D eigenvalue weighted by atomic mass is 10.1. The maximum Gasteiger partial charge on any atom is 0.433 e. The molecule has 2 nitrogen and oxygen atoms in total. The number of rotatable bonds is 1. The van der Waals surface area contributed by atoms with Gasteiger partial charge in [0.05, 0.1) is 10.7 Å². The van der Waals surface area contributed by atoms with Crippen molar-refractivity contribution in [1.82, 2.24) is 9.97 Å². The van der Waals surface area contributed by atoms with Crippen LogP contribution >= 0.6 is 11.6 Å². The number of alkyl halides is 3. The molecule has 2 aromatic heterocycles. The minimum Gasteiger partial charge on any atom is -0.265 e. The summed E-state index contributed by atoms with van der Waals surface area (Å²) in [7, 11) is 0. The van der Waals surface area contributed by atoms with Crippen LogP contribution in [0.2, 0.25) is 5.02 Å². The Labute approximate surface area is 100 Å². The van der Waals surface area contributed by atoms with Crippen LogP contribution < -0.4 is 0 Å². The highest BCUT2D eigenvalue weighted by molar-refractivity contribution is 6.33. The Kier molecular flexibility index (Phi) is 3.02. The van der Waals surface area contributed by atoms with E-state index in [2.05, 4.69) is 9.97 Å². The molecule has 2 rings (SSSR count). The fraction of sp³-hybridized carbons (Fsp3) is 0.0909. The van der Waals surface area contributed by atoms with Gasteiger partial charge in [-0.15, -0.1) is 0 Å². The van der Waals surface area contributed by atoms with Crippen LogP contribution in [0.4, 0.5) is 13.2 Å². The van der Waals surface area contributed by atoms with Crippen LogP contribution in [0.25, 0.3) is 11.3 Å². The van der Waals surface area contributed by atoms with E-state index in [1.807, 2.05) is 0 Å². The average molecular weight is 259 g/mol. The van der Waals surface area contributed by atoms with Crippen LogP contribution in [-0.4, -0.2) is 9.97 Å². The second-order valence-electron chi connectivity index (χ2n) is 3.26. The highest BCUT2D eigenvalue weighted by Crippen LogP contribution is 2.32. The van der Waals surface area contributed by atoms with Crippen molar-refractivity contribution in [3.63, 3.8) is 0 Å².